The van der Waals surface area contributed by atoms with Gasteiger partial charge in [-0.3, -0.25) is 9.69 Å². The summed E-state index contributed by atoms with van der Waals surface area (Å²) in [6.45, 7) is 0. The highest BCUT2D eigenvalue weighted by Crippen LogP contribution is 2.42. The molecule has 3 rings (SSSR count). The first kappa shape index (κ1) is 17.1. The molecule has 0 fully saturated rings. The molecule has 0 spiro atoms. The first-order valence-electron chi connectivity index (χ1n) is 7.32. The fourth-order valence-corrected chi connectivity index (χ4v) is 3.00. The molecule has 25 heavy (non-hydrogen) atoms. The fraction of sp³-hybridized carbons (Fsp3) is 0.235. The summed E-state index contributed by atoms with van der Waals surface area (Å²) < 4.78 is 29.4. The molecule has 1 amide bonds. The average molecular weight is 362 g/mol. The van der Waals surface area contributed by atoms with Gasteiger partial charge in [0.1, 0.15) is 11.7 Å². The van der Waals surface area contributed by atoms with Crippen molar-refractivity contribution in [1.29, 1.82) is 0 Å². The number of rotatable bonds is 4. The maximum absolute atomic E-state index is 13.5. The number of ether oxygens (including phenoxy) is 3. The van der Waals surface area contributed by atoms with Crippen LogP contribution in [0.2, 0.25) is 0 Å². The minimum Gasteiger partial charge on any atom is -0.493 e. The molecule has 0 N–H and O–H groups in total. The number of nitrogens with zero attached hydrogens (tertiary/aromatic N) is 2. The number of benzene rings is 1. The minimum absolute atomic E-state index is 0.0610. The Bertz CT molecular complexity index is 822. The molecule has 1 heterocycles. The molecule has 2 aliphatic rings. The number of amides is 1. The van der Waals surface area contributed by atoms with Crippen molar-refractivity contribution in [2.24, 2.45) is 10.9 Å². The minimum atomic E-state index is -0.823. The van der Waals surface area contributed by atoms with E-state index in [1.807, 2.05) is 0 Å². The van der Waals surface area contributed by atoms with E-state index in [-0.39, 0.29) is 5.11 Å². The van der Waals surface area contributed by atoms with Gasteiger partial charge < -0.3 is 14.2 Å². The molecular weight excluding hydrogens is 347 g/mol. The lowest BCUT2D eigenvalue weighted by atomic mass is 9.94. The van der Waals surface area contributed by atoms with Gasteiger partial charge in [0.25, 0.3) is 0 Å². The third-order valence-corrected chi connectivity index (χ3v) is 4.14. The number of allylic oxidation sites excluding steroid dienone is 3. The number of carbonyl (C=O) groups excluding carboxylic acids is 1. The summed E-state index contributed by atoms with van der Waals surface area (Å²) in [6, 6.07) is 3.18. The Labute approximate surface area is 149 Å². The Balaban J connectivity index is 2.10. The van der Waals surface area contributed by atoms with E-state index in [0.717, 1.165) is 0 Å². The van der Waals surface area contributed by atoms with Crippen LogP contribution in [0.5, 0.6) is 17.2 Å². The van der Waals surface area contributed by atoms with E-state index in [2.05, 4.69) is 4.99 Å². The molecule has 0 radical (unpaired) electrons. The standard InChI is InChI=1S/C17H15FN2O4S/c1-22-13-7-10(8-14(23-2)15(13)24-3)20-16(21)11-6-9(18)4-5-12(11)19-17(20)25/h4-8,11H,1-3H3. The molecule has 130 valence electrons. The van der Waals surface area contributed by atoms with E-state index in [9.17, 15) is 9.18 Å². The Kier molecular flexibility index (Phi) is 4.54. The normalized spacial score (nSPS) is 19.2. The lowest BCUT2D eigenvalue weighted by molar-refractivity contribution is -0.118. The van der Waals surface area contributed by atoms with Crippen molar-refractivity contribution >= 4 is 34.6 Å². The van der Waals surface area contributed by atoms with Crippen molar-refractivity contribution in [3.8, 4) is 17.2 Å². The Morgan fingerprint density at radius 1 is 1.12 bits per heavy atom. The molecule has 1 aliphatic heterocycles. The second kappa shape index (κ2) is 6.64. The summed E-state index contributed by atoms with van der Waals surface area (Å²) in [4.78, 5) is 18.3. The van der Waals surface area contributed by atoms with Crippen LogP contribution in [0.4, 0.5) is 10.1 Å². The molecule has 1 atom stereocenters. The number of hydrogen-bond acceptors (Lipinski definition) is 5. The predicted molar refractivity (Wildman–Crippen MR) is 95.4 cm³/mol. The van der Waals surface area contributed by atoms with E-state index in [4.69, 9.17) is 26.4 Å². The number of hydrogen-bond donors (Lipinski definition) is 0. The number of anilines is 1. The smallest absolute Gasteiger partial charge is 0.246 e. The van der Waals surface area contributed by atoms with Crippen LogP contribution in [0.25, 0.3) is 0 Å². The van der Waals surface area contributed by atoms with Crippen molar-refractivity contribution < 1.29 is 23.4 Å². The van der Waals surface area contributed by atoms with Gasteiger partial charge in [0.05, 0.1) is 32.7 Å². The molecule has 6 nitrogen and oxygen atoms in total. The van der Waals surface area contributed by atoms with Crippen LogP contribution in [-0.2, 0) is 4.79 Å². The zero-order valence-corrected chi connectivity index (χ0v) is 14.6. The molecule has 0 aromatic heterocycles. The molecule has 8 heteroatoms. The van der Waals surface area contributed by atoms with Gasteiger partial charge in [-0.05, 0) is 30.4 Å². The molecule has 1 aliphatic carbocycles. The van der Waals surface area contributed by atoms with E-state index >= 15 is 0 Å². The number of fused-ring (bicyclic) bond motifs is 1. The van der Waals surface area contributed by atoms with E-state index < -0.39 is 17.7 Å². The molecular formula is C17H15FN2O4S. The number of halogens is 1. The summed E-state index contributed by atoms with van der Waals surface area (Å²) in [6.07, 6.45) is 3.92. The lowest BCUT2D eigenvalue weighted by Gasteiger charge is -2.31. The number of aliphatic imine (C=N–C) groups is 1. The molecule has 0 saturated heterocycles. The molecule has 1 aromatic carbocycles. The maximum Gasteiger partial charge on any atom is 0.246 e. The van der Waals surface area contributed by atoms with Crippen LogP contribution in [0.1, 0.15) is 0 Å². The van der Waals surface area contributed by atoms with Crippen LogP contribution in [0, 0.1) is 5.92 Å². The third kappa shape index (κ3) is 2.89. The Morgan fingerprint density at radius 2 is 1.76 bits per heavy atom. The highest BCUT2D eigenvalue weighted by Gasteiger charge is 2.36. The number of methoxy groups -OCH3 is 3. The molecule has 1 aromatic rings. The van der Waals surface area contributed by atoms with Gasteiger partial charge in [-0.2, -0.15) is 0 Å². The molecule has 0 saturated carbocycles. The zero-order valence-electron chi connectivity index (χ0n) is 13.8. The average Bonchev–Trinajstić information content (AvgIpc) is 2.61. The van der Waals surface area contributed by atoms with E-state index in [1.54, 1.807) is 12.1 Å². The quantitative estimate of drug-likeness (QED) is 0.771. The van der Waals surface area contributed by atoms with Gasteiger partial charge in [0.15, 0.2) is 11.5 Å². The second-order valence-corrected chi connectivity index (χ2v) is 5.60. The summed E-state index contributed by atoms with van der Waals surface area (Å²) in [5.74, 6) is -0.589. The summed E-state index contributed by atoms with van der Waals surface area (Å²) in [7, 11) is 4.42. The largest absolute Gasteiger partial charge is 0.493 e. The van der Waals surface area contributed by atoms with Gasteiger partial charge in [-0.15, -0.1) is 0 Å². The van der Waals surface area contributed by atoms with Crippen molar-refractivity contribution in [3.05, 3.63) is 36.2 Å². The van der Waals surface area contributed by atoms with Gasteiger partial charge in [-0.25, -0.2) is 9.38 Å². The van der Waals surface area contributed by atoms with Crippen LogP contribution in [0.15, 0.2) is 41.2 Å². The van der Waals surface area contributed by atoms with Crippen LogP contribution in [-0.4, -0.2) is 38.1 Å². The summed E-state index contributed by atoms with van der Waals surface area (Å²) >= 11 is 5.26. The number of thiocarbonyl (C=S) groups is 1. The van der Waals surface area contributed by atoms with Gasteiger partial charge in [-0.1, -0.05) is 0 Å². The number of carbonyl (C=O) groups is 1. The molecule has 1 unspecified atom stereocenters. The van der Waals surface area contributed by atoms with Gasteiger partial charge in [0.2, 0.25) is 16.8 Å². The summed E-state index contributed by atoms with van der Waals surface area (Å²) in [5, 5.41) is 0.0610. The van der Waals surface area contributed by atoms with Crippen molar-refractivity contribution in [2.75, 3.05) is 26.2 Å². The van der Waals surface area contributed by atoms with Crippen LogP contribution >= 0.6 is 12.2 Å². The van der Waals surface area contributed by atoms with Crippen LogP contribution in [0.3, 0.4) is 0 Å². The molecule has 0 bridgehead atoms. The Hall–Kier alpha value is -2.74. The van der Waals surface area contributed by atoms with Gasteiger partial charge >= 0.3 is 0 Å². The van der Waals surface area contributed by atoms with Crippen molar-refractivity contribution in [3.63, 3.8) is 0 Å². The van der Waals surface area contributed by atoms with Crippen LogP contribution < -0.4 is 19.1 Å². The highest BCUT2D eigenvalue weighted by molar-refractivity contribution is 7.80. The first-order chi connectivity index (χ1) is 12.0. The highest BCUT2D eigenvalue weighted by atomic mass is 32.1. The van der Waals surface area contributed by atoms with Crippen molar-refractivity contribution in [1.82, 2.24) is 0 Å². The SMILES string of the molecule is COc1cc(N2C(=O)C3C=C(F)C=CC3=NC2=S)cc(OC)c1OC. The predicted octanol–water partition coefficient (Wildman–Crippen LogP) is 2.82. The summed E-state index contributed by atoms with van der Waals surface area (Å²) in [5.41, 5.74) is 0.816. The second-order valence-electron chi connectivity index (χ2n) is 5.24. The van der Waals surface area contributed by atoms with Gasteiger partial charge in [0, 0.05) is 12.1 Å². The lowest BCUT2D eigenvalue weighted by Crippen LogP contribution is -2.46. The third-order valence-electron chi connectivity index (χ3n) is 3.87. The topological polar surface area (TPSA) is 60.4 Å². The monoisotopic (exact) mass is 362 g/mol. The maximum atomic E-state index is 13.5. The Morgan fingerprint density at radius 3 is 2.32 bits per heavy atom. The first-order valence-corrected chi connectivity index (χ1v) is 7.73. The van der Waals surface area contributed by atoms with E-state index in [0.29, 0.717) is 28.6 Å². The fourth-order valence-electron chi connectivity index (χ4n) is 2.70. The van der Waals surface area contributed by atoms with Crippen molar-refractivity contribution in [2.45, 2.75) is 0 Å². The zero-order chi connectivity index (χ0) is 18.1. The van der Waals surface area contributed by atoms with E-state index in [1.165, 1.54) is 44.5 Å².